The van der Waals surface area contributed by atoms with Crippen LogP contribution in [0.5, 0.6) is 0 Å². The van der Waals surface area contributed by atoms with Crippen molar-refractivity contribution in [2.45, 2.75) is 26.7 Å². The molecule has 102 valence electrons. The number of nitrogens with one attached hydrogen (secondary N) is 1. The van der Waals surface area contributed by atoms with Crippen LogP contribution in [0.4, 0.5) is 5.82 Å². The Balaban J connectivity index is 2.22. The molecule has 19 heavy (non-hydrogen) atoms. The Morgan fingerprint density at radius 1 is 1.16 bits per heavy atom. The van der Waals surface area contributed by atoms with Crippen LogP contribution >= 0.6 is 0 Å². The van der Waals surface area contributed by atoms with E-state index in [-0.39, 0.29) is 5.41 Å². The van der Waals surface area contributed by atoms with E-state index in [0.717, 1.165) is 25.2 Å². The number of benzene rings is 1. The second-order valence-corrected chi connectivity index (χ2v) is 5.15. The lowest BCUT2D eigenvalue weighted by Crippen LogP contribution is -2.36. The van der Waals surface area contributed by atoms with Crippen molar-refractivity contribution >= 4 is 16.6 Å². The number of hydrogen-bond acceptors (Lipinski definition) is 3. The lowest BCUT2D eigenvalue weighted by molar-refractivity contribution is 0.294. The summed E-state index contributed by atoms with van der Waals surface area (Å²) in [4.78, 5) is 4.46. The molecule has 2 aromatic rings. The molecule has 0 bridgehead atoms. The molecule has 3 heteroatoms. The molecule has 1 aromatic carbocycles. The van der Waals surface area contributed by atoms with Crippen molar-refractivity contribution in [2.24, 2.45) is 11.1 Å². The van der Waals surface area contributed by atoms with Crippen molar-refractivity contribution in [1.82, 2.24) is 4.98 Å². The highest BCUT2D eigenvalue weighted by Gasteiger charge is 2.24. The van der Waals surface area contributed by atoms with Gasteiger partial charge in [-0.1, -0.05) is 38.1 Å². The number of aromatic nitrogens is 1. The van der Waals surface area contributed by atoms with Crippen LogP contribution in [0.3, 0.4) is 0 Å². The number of nitrogens with zero attached hydrogens (tertiary/aromatic N) is 1. The molecule has 3 N–H and O–H groups in total. The van der Waals surface area contributed by atoms with E-state index >= 15 is 0 Å². The molecule has 0 aliphatic rings. The van der Waals surface area contributed by atoms with E-state index in [1.807, 2.05) is 24.4 Å². The van der Waals surface area contributed by atoms with Crippen LogP contribution in [0.2, 0.25) is 0 Å². The van der Waals surface area contributed by atoms with Gasteiger partial charge in [-0.05, 0) is 36.3 Å². The third kappa shape index (κ3) is 2.87. The summed E-state index contributed by atoms with van der Waals surface area (Å²) in [6, 6.07) is 10.3. The Morgan fingerprint density at radius 2 is 1.89 bits per heavy atom. The van der Waals surface area contributed by atoms with Crippen molar-refractivity contribution in [1.29, 1.82) is 0 Å². The molecule has 0 aliphatic carbocycles. The predicted octanol–water partition coefficient (Wildman–Crippen LogP) is 3.41. The second-order valence-electron chi connectivity index (χ2n) is 5.15. The number of anilines is 1. The first-order chi connectivity index (χ1) is 9.24. The van der Waals surface area contributed by atoms with E-state index in [4.69, 9.17) is 5.73 Å². The van der Waals surface area contributed by atoms with Gasteiger partial charge in [-0.15, -0.1) is 0 Å². The number of fused-ring (bicyclic) bond motifs is 1. The maximum Gasteiger partial charge on any atom is 0.133 e. The second kappa shape index (κ2) is 6.02. The summed E-state index contributed by atoms with van der Waals surface area (Å²) < 4.78 is 0. The van der Waals surface area contributed by atoms with Gasteiger partial charge in [-0.3, -0.25) is 0 Å². The first kappa shape index (κ1) is 13.8. The van der Waals surface area contributed by atoms with Crippen LogP contribution in [0.25, 0.3) is 10.8 Å². The van der Waals surface area contributed by atoms with Gasteiger partial charge in [0, 0.05) is 18.1 Å². The van der Waals surface area contributed by atoms with Crippen molar-refractivity contribution in [3.8, 4) is 0 Å². The van der Waals surface area contributed by atoms with Crippen LogP contribution in [-0.2, 0) is 0 Å². The van der Waals surface area contributed by atoms with E-state index in [1.165, 1.54) is 10.8 Å². The van der Waals surface area contributed by atoms with Crippen molar-refractivity contribution in [3.63, 3.8) is 0 Å². The van der Waals surface area contributed by atoms with Gasteiger partial charge in [0.1, 0.15) is 5.82 Å². The van der Waals surface area contributed by atoms with Crippen LogP contribution in [0.15, 0.2) is 36.5 Å². The molecule has 0 amide bonds. The van der Waals surface area contributed by atoms with Crippen LogP contribution in [0.1, 0.15) is 26.7 Å². The smallest absolute Gasteiger partial charge is 0.133 e. The summed E-state index contributed by atoms with van der Waals surface area (Å²) >= 11 is 0. The minimum absolute atomic E-state index is 0.165. The van der Waals surface area contributed by atoms with E-state index in [0.29, 0.717) is 6.54 Å². The zero-order chi connectivity index (χ0) is 13.7. The van der Waals surface area contributed by atoms with Gasteiger partial charge < -0.3 is 11.1 Å². The third-order valence-electron chi connectivity index (χ3n) is 4.24. The van der Waals surface area contributed by atoms with Crippen molar-refractivity contribution < 1.29 is 0 Å². The minimum Gasteiger partial charge on any atom is -0.369 e. The van der Waals surface area contributed by atoms with Gasteiger partial charge >= 0.3 is 0 Å². The largest absolute Gasteiger partial charge is 0.369 e. The molecule has 1 aromatic heterocycles. The molecular formula is C16H23N3. The maximum atomic E-state index is 5.95. The average molecular weight is 257 g/mol. The lowest BCUT2D eigenvalue weighted by atomic mass is 9.82. The van der Waals surface area contributed by atoms with Crippen molar-refractivity contribution in [3.05, 3.63) is 36.5 Å². The molecule has 0 atom stereocenters. The number of hydrogen-bond donors (Lipinski definition) is 2. The summed E-state index contributed by atoms with van der Waals surface area (Å²) in [7, 11) is 0. The molecule has 0 spiro atoms. The molecule has 1 heterocycles. The summed E-state index contributed by atoms with van der Waals surface area (Å²) in [6.45, 7) is 5.98. The monoisotopic (exact) mass is 257 g/mol. The fourth-order valence-electron chi connectivity index (χ4n) is 2.39. The lowest BCUT2D eigenvalue weighted by Gasteiger charge is -2.30. The predicted molar refractivity (Wildman–Crippen MR) is 82.3 cm³/mol. The quantitative estimate of drug-likeness (QED) is 0.833. The Kier molecular flexibility index (Phi) is 4.38. The average Bonchev–Trinajstić information content (AvgIpc) is 2.49. The number of rotatable bonds is 6. The maximum absolute atomic E-state index is 5.95. The molecule has 0 saturated heterocycles. The van der Waals surface area contributed by atoms with E-state index < -0.39 is 0 Å². The zero-order valence-electron chi connectivity index (χ0n) is 11.8. The standard InChI is InChI=1S/C16H23N3/c1-3-16(4-2,11-17)12-19-15-14-8-6-5-7-13(14)9-10-18-15/h5-10H,3-4,11-12,17H2,1-2H3,(H,18,19). The molecule has 2 rings (SSSR count). The van der Waals surface area contributed by atoms with E-state index in [1.54, 1.807) is 0 Å². The Labute approximate surface area is 115 Å². The summed E-state index contributed by atoms with van der Waals surface area (Å²) in [5.74, 6) is 0.956. The van der Waals surface area contributed by atoms with Gasteiger partial charge in [0.05, 0.1) is 0 Å². The fraction of sp³-hybridized carbons (Fsp3) is 0.438. The minimum atomic E-state index is 0.165. The van der Waals surface area contributed by atoms with Crippen LogP contribution in [0, 0.1) is 5.41 Å². The highest BCUT2D eigenvalue weighted by Crippen LogP contribution is 2.27. The van der Waals surface area contributed by atoms with Crippen molar-refractivity contribution in [2.75, 3.05) is 18.4 Å². The van der Waals surface area contributed by atoms with Crippen LogP contribution < -0.4 is 11.1 Å². The van der Waals surface area contributed by atoms with E-state index in [9.17, 15) is 0 Å². The first-order valence-electron chi connectivity index (χ1n) is 7.02. The summed E-state index contributed by atoms with van der Waals surface area (Å²) in [5, 5.41) is 5.87. The summed E-state index contributed by atoms with van der Waals surface area (Å²) in [6.07, 6.45) is 4.02. The molecule has 0 radical (unpaired) electrons. The highest BCUT2D eigenvalue weighted by atomic mass is 15.0. The topological polar surface area (TPSA) is 50.9 Å². The molecular weight excluding hydrogens is 234 g/mol. The third-order valence-corrected chi connectivity index (χ3v) is 4.24. The summed E-state index contributed by atoms with van der Waals surface area (Å²) in [5.41, 5.74) is 6.11. The van der Waals surface area contributed by atoms with Gasteiger partial charge in [0.15, 0.2) is 0 Å². The highest BCUT2D eigenvalue weighted by molar-refractivity contribution is 5.91. The molecule has 0 saturated carbocycles. The normalized spacial score (nSPS) is 11.7. The van der Waals surface area contributed by atoms with Crippen LogP contribution in [-0.4, -0.2) is 18.1 Å². The Bertz CT molecular complexity index is 519. The molecule has 0 unspecified atom stereocenters. The fourth-order valence-corrected chi connectivity index (χ4v) is 2.39. The van der Waals surface area contributed by atoms with Gasteiger partial charge in [-0.2, -0.15) is 0 Å². The molecule has 3 nitrogen and oxygen atoms in total. The van der Waals surface area contributed by atoms with E-state index in [2.05, 4.69) is 36.3 Å². The zero-order valence-corrected chi connectivity index (χ0v) is 11.8. The number of nitrogens with two attached hydrogens (primary N) is 1. The van der Waals surface area contributed by atoms with Gasteiger partial charge in [0.25, 0.3) is 0 Å². The molecule has 0 aliphatic heterocycles. The molecule has 0 fully saturated rings. The van der Waals surface area contributed by atoms with Gasteiger partial charge in [0.2, 0.25) is 0 Å². The Hall–Kier alpha value is -1.61. The SMILES string of the molecule is CCC(CC)(CN)CNc1nccc2ccccc12. The van der Waals surface area contributed by atoms with Gasteiger partial charge in [-0.25, -0.2) is 4.98 Å². The number of pyridine rings is 1. The Morgan fingerprint density at radius 3 is 2.58 bits per heavy atom. The first-order valence-corrected chi connectivity index (χ1v) is 7.02.